The maximum Gasteiger partial charge on any atom is 0.262 e. The minimum Gasteiger partial charge on any atom is -0.309 e. The second-order valence-corrected chi connectivity index (χ2v) is 11.0. The number of halogens is 1. The first-order valence-corrected chi connectivity index (χ1v) is 12.9. The molecule has 0 saturated carbocycles. The lowest BCUT2D eigenvalue weighted by Gasteiger charge is -2.14. The summed E-state index contributed by atoms with van der Waals surface area (Å²) in [6.07, 6.45) is 3.97. The largest absolute Gasteiger partial charge is 0.309 e. The van der Waals surface area contributed by atoms with Crippen molar-refractivity contribution in [2.45, 2.75) is 57.0 Å². The lowest BCUT2D eigenvalue weighted by atomic mass is 10.1. The Morgan fingerprint density at radius 1 is 1.25 bits per heavy atom. The number of thiophene rings is 1. The number of hydrogen-bond donors (Lipinski definition) is 1. The summed E-state index contributed by atoms with van der Waals surface area (Å²) in [6, 6.07) is 5.17. The van der Waals surface area contributed by atoms with Crippen LogP contribution in [-0.2, 0) is 25.1 Å². The SMILES string of the molecule is CC(C)CCn1c(SCc2nc3sc4c(c3c(=O)[nH]2)CCC4)nc2cc(Cl)ccc2c1=O. The van der Waals surface area contributed by atoms with Gasteiger partial charge in [-0.3, -0.25) is 14.2 Å². The summed E-state index contributed by atoms with van der Waals surface area (Å²) in [7, 11) is 0. The fourth-order valence-electron chi connectivity index (χ4n) is 4.12. The molecule has 5 rings (SSSR count). The van der Waals surface area contributed by atoms with E-state index in [1.807, 2.05) is 0 Å². The highest BCUT2D eigenvalue weighted by molar-refractivity contribution is 7.98. The number of hydrogen-bond acceptors (Lipinski definition) is 6. The zero-order chi connectivity index (χ0) is 22.4. The van der Waals surface area contributed by atoms with Gasteiger partial charge in [-0.25, -0.2) is 9.97 Å². The Morgan fingerprint density at radius 3 is 2.91 bits per heavy atom. The fourth-order valence-corrected chi connectivity index (χ4v) is 6.46. The van der Waals surface area contributed by atoms with E-state index in [9.17, 15) is 9.59 Å². The molecule has 1 aliphatic carbocycles. The molecule has 1 aliphatic rings. The molecular weight excluding hydrogens is 464 g/mol. The zero-order valence-corrected chi connectivity index (χ0v) is 20.3. The van der Waals surface area contributed by atoms with Crippen molar-refractivity contribution in [2.24, 2.45) is 5.92 Å². The molecule has 0 radical (unpaired) electrons. The first-order valence-electron chi connectivity index (χ1n) is 10.8. The first-order chi connectivity index (χ1) is 15.4. The second-order valence-electron chi connectivity index (χ2n) is 8.53. The molecule has 9 heteroatoms. The van der Waals surface area contributed by atoms with Crippen LogP contribution in [0.1, 0.15) is 43.0 Å². The molecule has 0 amide bonds. The minimum atomic E-state index is -0.0690. The average Bonchev–Trinajstić information content (AvgIpc) is 3.32. The molecule has 1 N–H and O–H groups in total. The number of rotatable bonds is 6. The Balaban J connectivity index is 1.51. The Hall–Kier alpha value is -2.16. The van der Waals surface area contributed by atoms with Crippen LogP contribution in [0.5, 0.6) is 0 Å². The van der Waals surface area contributed by atoms with Crippen LogP contribution in [0.4, 0.5) is 0 Å². The van der Waals surface area contributed by atoms with Crippen LogP contribution >= 0.6 is 34.7 Å². The Bertz CT molecular complexity index is 1450. The molecule has 3 heterocycles. The van der Waals surface area contributed by atoms with E-state index in [1.165, 1.54) is 22.2 Å². The summed E-state index contributed by atoms with van der Waals surface area (Å²) in [5.41, 5.74) is 1.62. The normalized spacial score (nSPS) is 13.5. The number of H-pyrrole nitrogens is 1. The van der Waals surface area contributed by atoms with E-state index < -0.39 is 0 Å². The van der Waals surface area contributed by atoms with E-state index in [4.69, 9.17) is 21.6 Å². The van der Waals surface area contributed by atoms with Crippen molar-refractivity contribution in [3.8, 4) is 0 Å². The van der Waals surface area contributed by atoms with Gasteiger partial charge in [0, 0.05) is 16.4 Å². The molecule has 0 aliphatic heterocycles. The van der Waals surface area contributed by atoms with Gasteiger partial charge in [0.15, 0.2) is 5.16 Å². The van der Waals surface area contributed by atoms with E-state index in [-0.39, 0.29) is 11.1 Å². The Labute approximate surface area is 198 Å². The van der Waals surface area contributed by atoms with Crippen molar-refractivity contribution >= 4 is 55.8 Å². The van der Waals surface area contributed by atoms with E-state index in [0.717, 1.165) is 35.9 Å². The van der Waals surface area contributed by atoms with E-state index >= 15 is 0 Å². The molecule has 0 fully saturated rings. The Kier molecular flexibility index (Phi) is 5.86. The van der Waals surface area contributed by atoms with Gasteiger partial charge >= 0.3 is 0 Å². The standard InChI is InChI=1S/C23H23ClN4O2S2/c1-12(2)8-9-28-22(30)14-7-6-13(24)10-16(14)25-23(28)31-11-18-26-20(29)19-15-4-3-5-17(15)32-21(19)27-18/h6-7,10,12H,3-5,8-9,11H2,1-2H3,(H,26,27,29). The highest BCUT2D eigenvalue weighted by Gasteiger charge is 2.21. The summed E-state index contributed by atoms with van der Waals surface area (Å²) in [6.45, 7) is 4.85. The van der Waals surface area contributed by atoms with Gasteiger partial charge in [0.25, 0.3) is 11.1 Å². The summed E-state index contributed by atoms with van der Waals surface area (Å²) in [5.74, 6) is 1.48. The van der Waals surface area contributed by atoms with Gasteiger partial charge in [-0.15, -0.1) is 11.3 Å². The van der Waals surface area contributed by atoms with Gasteiger partial charge < -0.3 is 4.98 Å². The van der Waals surface area contributed by atoms with Gasteiger partial charge in [-0.1, -0.05) is 37.2 Å². The molecular formula is C23H23ClN4O2S2. The molecule has 0 saturated heterocycles. The van der Waals surface area contributed by atoms with Gasteiger partial charge in [0.2, 0.25) is 0 Å². The molecule has 0 spiro atoms. The number of nitrogens with one attached hydrogen (secondary N) is 1. The quantitative estimate of drug-likeness (QED) is 0.300. The molecule has 4 aromatic rings. The van der Waals surface area contributed by atoms with Crippen LogP contribution in [0.3, 0.4) is 0 Å². The van der Waals surface area contributed by atoms with E-state index in [1.54, 1.807) is 34.1 Å². The molecule has 0 bridgehead atoms. The van der Waals surface area contributed by atoms with Crippen LogP contribution in [-0.4, -0.2) is 19.5 Å². The van der Waals surface area contributed by atoms with Crippen molar-refractivity contribution in [2.75, 3.05) is 0 Å². The molecule has 3 aromatic heterocycles. The molecule has 166 valence electrons. The van der Waals surface area contributed by atoms with Gasteiger partial charge in [-0.2, -0.15) is 0 Å². The van der Waals surface area contributed by atoms with E-state index in [2.05, 4.69) is 18.8 Å². The lowest BCUT2D eigenvalue weighted by molar-refractivity contribution is 0.481. The molecule has 32 heavy (non-hydrogen) atoms. The topological polar surface area (TPSA) is 80.6 Å². The van der Waals surface area contributed by atoms with Gasteiger partial charge in [0.05, 0.1) is 22.0 Å². The lowest BCUT2D eigenvalue weighted by Crippen LogP contribution is -2.24. The molecule has 0 atom stereocenters. The average molecular weight is 487 g/mol. The summed E-state index contributed by atoms with van der Waals surface area (Å²) in [5, 5.41) is 2.47. The van der Waals surface area contributed by atoms with Crippen LogP contribution in [0.15, 0.2) is 32.9 Å². The van der Waals surface area contributed by atoms with Crippen molar-refractivity contribution in [1.29, 1.82) is 0 Å². The summed E-state index contributed by atoms with van der Waals surface area (Å²) < 4.78 is 1.73. The van der Waals surface area contributed by atoms with Crippen molar-refractivity contribution in [3.05, 3.63) is 60.2 Å². The van der Waals surface area contributed by atoms with Crippen LogP contribution in [0.25, 0.3) is 21.1 Å². The monoisotopic (exact) mass is 486 g/mol. The van der Waals surface area contributed by atoms with Gasteiger partial charge in [-0.05, 0) is 55.4 Å². The van der Waals surface area contributed by atoms with Crippen molar-refractivity contribution < 1.29 is 0 Å². The zero-order valence-electron chi connectivity index (χ0n) is 17.9. The van der Waals surface area contributed by atoms with Crippen LogP contribution in [0.2, 0.25) is 5.02 Å². The third-order valence-corrected chi connectivity index (χ3v) is 8.18. The number of aromatic nitrogens is 4. The number of benzene rings is 1. The number of fused-ring (bicyclic) bond motifs is 4. The van der Waals surface area contributed by atoms with Crippen LogP contribution in [0, 0.1) is 5.92 Å². The number of nitrogens with zero attached hydrogens (tertiary/aromatic N) is 3. The number of aryl methyl sites for hydroxylation is 2. The van der Waals surface area contributed by atoms with Crippen molar-refractivity contribution in [1.82, 2.24) is 19.5 Å². The molecule has 0 unspecified atom stereocenters. The third kappa shape index (κ3) is 4.00. The third-order valence-electron chi connectivity index (χ3n) is 5.77. The molecule has 1 aromatic carbocycles. The maximum absolute atomic E-state index is 13.2. The number of thioether (sulfide) groups is 1. The highest BCUT2D eigenvalue weighted by Crippen LogP contribution is 2.34. The predicted molar refractivity (Wildman–Crippen MR) is 132 cm³/mol. The highest BCUT2D eigenvalue weighted by atomic mass is 35.5. The fraction of sp³-hybridized carbons (Fsp3) is 0.391. The summed E-state index contributed by atoms with van der Waals surface area (Å²) >= 11 is 9.19. The predicted octanol–water partition coefficient (Wildman–Crippen LogP) is 5.18. The first kappa shape index (κ1) is 21.7. The summed E-state index contributed by atoms with van der Waals surface area (Å²) in [4.78, 5) is 40.5. The van der Waals surface area contributed by atoms with E-state index in [0.29, 0.717) is 45.1 Å². The van der Waals surface area contributed by atoms with Gasteiger partial charge in [0.1, 0.15) is 10.7 Å². The Morgan fingerprint density at radius 2 is 2.09 bits per heavy atom. The maximum atomic E-state index is 13.2. The minimum absolute atomic E-state index is 0.0681. The van der Waals surface area contributed by atoms with Crippen molar-refractivity contribution in [3.63, 3.8) is 0 Å². The smallest absolute Gasteiger partial charge is 0.262 e. The molecule has 6 nitrogen and oxygen atoms in total. The number of aromatic amines is 1. The van der Waals surface area contributed by atoms with Crippen LogP contribution < -0.4 is 11.1 Å². The second kappa shape index (κ2) is 8.65.